The van der Waals surface area contributed by atoms with E-state index >= 15 is 0 Å². The highest BCUT2D eigenvalue weighted by Crippen LogP contribution is 2.20. The van der Waals surface area contributed by atoms with Crippen molar-refractivity contribution in [1.29, 1.82) is 0 Å². The molecule has 120 valence electrons. The van der Waals surface area contributed by atoms with Gasteiger partial charge in [0.2, 0.25) is 15.9 Å². The van der Waals surface area contributed by atoms with E-state index in [1.807, 2.05) is 17.0 Å². The maximum absolute atomic E-state index is 12.4. The first kappa shape index (κ1) is 15.5. The molecule has 0 spiro atoms. The summed E-state index contributed by atoms with van der Waals surface area (Å²) in [4.78, 5) is 14.2. The van der Waals surface area contributed by atoms with Gasteiger partial charge in [-0.25, -0.2) is 12.7 Å². The van der Waals surface area contributed by atoms with Crippen molar-refractivity contribution >= 4 is 15.9 Å². The Labute approximate surface area is 132 Å². The number of nitrogens with zero attached hydrogens (tertiary/aromatic N) is 2. The third-order valence-corrected chi connectivity index (χ3v) is 6.47. The Bertz CT molecular complexity index is 657. The Balaban J connectivity index is 1.57. The summed E-state index contributed by atoms with van der Waals surface area (Å²) in [6.45, 7) is 2.24. The fraction of sp³-hybridized carbons (Fsp3) is 0.562. The second-order valence-electron chi connectivity index (χ2n) is 6.01. The van der Waals surface area contributed by atoms with Gasteiger partial charge in [0.25, 0.3) is 0 Å². The molecule has 1 saturated heterocycles. The van der Waals surface area contributed by atoms with Gasteiger partial charge >= 0.3 is 0 Å². The summed E-state index contributed by atoms with van der Waals surface area (Å²) in [6, 6.07) is 8.19. The highest BCUT2D eigenvalue weighted by Gasteiger charge is 2.27. The molecule has 6 heteroatoms. The van der Waals surface area contributed by atoms with E-state index in [0.717, 1.165) is 25.8 Å². The molecule has 1 aromatic carbocycles. The van der Waals surface area contributed by atoms with Crippen molar-refractivity contribution in [3.05, 3.63) is 35.4 Å². The lowest BCUT2D eigenvalue weighted by Crippen LogP contribution is -2.42. The molecule has 1 amide bonds. The third-order valence-electron chi connectivity index (χ3n) is 4.51. The van der Waals surface area contributed by atoms with Gasteiger partial charge in [-0.2, -0.15) is 0 Å². The van der Waals surface area contributed by atoms with E-state index in [9.17, 15) is 13.2 Å². The van der Waals surface area contributed by atoms with Crippen molar-refractivity contribution in [2.45, 2.75) is 32.2 Å². The first-order valence-electron chi connectivity index (χ1n) is 7.89. The van der Waals surface area contributed by atoms with Crippen LogP contribution >= 0.6 is 0 Å². The van der Waals surface area contributed by atoms with Crippen LogP contribution in [0.3, 0.4) is 0 Å². The lowest BCUT2D eigenvalue weighted by Gasteiger charge is -2.30. The van der Waals surface area contributed by atoms with Gasteiger partial charge in [-0.1, -0.05) is 24.3 Å². The molecule has 0 saturated carbocycles. The summed E-state index contributed by atoms with van der Waals surface area (Å²) in [5.41, 5.74) is 2.51. The zero-order valence-electron chi connectivity index (χ0n) is 12.7. The number of benzene rings is 1. The molecule has 1 fully saturated rings. The summed E-state index contributed by atoms with van der Waals surface area (Å²) in [6.07, 6.45) is 2.78. The summed E-state index contributed by atoms with van der Waals surface area (Å²) in [7, 11) is -3.14. The van der Waals surface area contributed by atoms with Crippen LogP contribution in [0.15, 0.2) is 24.3 Å². The van der Waals surface area contributed by atoms with Gasteiger partial charge in [0.1, 0.15) is 0 Å². The number of rotatable bonds is 3. The summed E-state index contributed by atoms with van der Waals surface area (Å²) < 4.78 is 25.3. The highest BCUT2D eigenvalue weighted by molar-refractivity contribution is 7.89. The Hall–Kier alpha value is -1.40. The Morgan fingerprint density at radius 2 is 1.86 bits per heavy atom. The normalized spacial score (nSPS) is 21.4. The average molecular weight is 322 g/mol. The minimum atomic E-state index is -3.14. The van der Waals surface area contributed by atoms with E-state index in [1.165, 1.54) is 15.4 Å². The number of hydrogen-bond acceptors (Lipinski definition) is 3. The molecule has 0 bridgehead atoms. The molecule has 0 N–H and O–H groups in total. The molecule has 2 heterocycles. The summed E-state index contributed by atoms with van der Waals surface area (Å²) in [5.74, 6) is 0.272. The monoisotopic (exact) mass is 322 g/mol. The minimum absolute atomic E-state index is 0.0512. The largest absolute Gasteiger partial charge is 0.338 e. The smallest absolute Gasteiger partial charge is 0.224 e. The molecule has 0 radical (unpaired) electrons. The van der Waals surface area contributed by atoms with Crippen LogP contribution in [0.4, 0.5) is 0 Å². The number of carbonyl (C=O) groups is 1. The van der Waals surface area contributed by atoms with Crippen molar-refractivity contribution in [1.82, 2.24) is 9.21 Å². The first-order chi connectivity index (χ1) is 10.6. The van der Waals surface area contributed by atoms with Crippen molar-refractivity contribution in [2.24, 2.45) is 0 Å². The van der Waals surface area contributed by atoms with E-state index in [4.69, 9.17) is 0 Å². The van der Waals surface area contributed by atoms with Gasteiger partial charge in [0.05, 0.1) is 5.75 Å². The second-order valence-corrected chi connectivity index (χ2v) is 8.09. The molecule has 1 aromatic rings. The van der Waals surface area contributed by atoms with Crippen LogP contribution in [0.2, 0.25) is 0 Å². The van der Waals surface area contributed by atoms with E-state index in [-0.39, 0.29) is 18.1 Å². The molecular formula is C16H22N2O3S. The van der Waals surface area contributed by atoms with Gasteiger partial charge in [-0.15, -0.1) is 0 Å². The van der Waals surface area contributed by atoms with Gasteiger partial charge in [-0.05, 0) is 30.4 Å². The molecular weight excluding hydrogens is 300 g/mol. The number of fused-ring (bicyclic) bond motifs is 1. The summed E-state index contributed by atoms with van der Waals surface area (Å²) >= 11 is 0. The minimum Gasteiger partial charge on any atom is -0.338 e. The number of amides is 1. The van der Waals surface area contributed by atoms with Crippen molar-refractivity contribution in [2.75, 3.05) is 25.4 Å². The number of hydrogen-bond donors (Lipinski definition) is 0. The molecule has 0 unspecified atom stereocenters. The lowest BCUT2D eigenvalue weighted by atomic mass is 10.00. The Morgan fingerprint density at radius 1 is 1.09 bits per heavy atom. The van der Waals surface area contributed by atoms with Crippen LogP contribution in [-0.2, 0) is 27.8 Å². The fourth-order valence-corrected chi connectivity index (χ4v) is 4.78. The molecule has 22 heavy (non-hydrogen) atoms. The van der Waals surface area contributed by atoms with E-state index in [2.05, 4.69) is 12.1 Å². The Morgan fingerprint density at radius 3 is 2.64 bits per heavy atom. The van der Waals surface area contributed by atoms with Gasteiger partial charge in [0.15, 0.2) is 0 Å². The standard InChI is InChI=1S/C16H22N2O3S/c19-16(8-11-18-9-3-4-12-22(18,20)21)17-10-7-14-5-1-2-6-15(14)13-17/h1-2,5-6H,3-4,7-13H2. The average Bonchev–Trinajstić information content (AvgIpc) is 2.52. The predicted octanol–water partition coefficient (Wildman–Crippen LogP) is 1.39. The molecule has 0 aliphatic carbocycles. The third kappa shape index (κ3) is 3.33. The lowest BCUT2D eigenvalue weighted by molar-refractivity contribution is -0.132. The molecule has 3 rings (SSSR count). The van der Waals surface area contributed by atoms with Crippen LogP contribution in [0.1, 0.15) is 30.4 Å². The number of carbonyl (C=O) groups excluding carboxylic acids is 1. The maximum Gasteiger partial charge on any atom is 0.224 e. The first-order valence-corrected chi connectivity index (χ1v) is 9.49. The predicted molar refractivity (Wildman–Crippen MR) is 84.8 cm³/mol. The van der Waals surface area contributed by atoms with E-state index in [0.29, 0.717) is 19.6 Å². The fourth-order valence-electron chi connectivity index (χ4n) is 3.18. The Kier molecular flexibility index (Phi) is 4.49. The van der Waals surface area contributed by atoms with Crippen LogP contribution in [-0.4, -0.2) is 48.9 Å². The van der Waals surface area contributed by atoms with Crippen molar-refractivity contribution in [3.8, 4) is 0 Å². The number of sulfonamides is 1. The van der Waals surface area contributed by atoms with Crippen molar-refractivity contribution in [3.63, 3.8) is 0 Å². The zero-order chi connectivity index (χ0) is 15.6. The van der Waals surface area contributed by atoms with Crippen LogP contribution < -0.4 is 0 Å². The van der Waals surface area contributed by atoms with Gasteiger partial charge in [-0.3, -0.25) is 4.79 Å². The van der Waals surface area contributed by atoms with Crippen LogP contribution in [0, 0.1) is 0 Å². The van der Waals surface area contributed by atoms with Gasteiger partial charge in [0, 0.05) is 32.6 Å². The SMILES string of the molecule is O=C(CCN1CCCCS1(=O)=O)N1CCc2ccccc2C1. The molecule has 0 aromatic heterocycles. The molecule has 0 atom stereocenters. The van der Waals surface area contributed by atoms with Crippen molar-refractivity contribution < 1.29 is 13.2 Å². The molecule has 2 aliphatic heterocycles. The summed E-state index contributed by atoms with van der Waals surface area (Å²) in [5, 5.41) is 0. The molecule has 5 nitrogen and oxygen atoms in total. The zero-order valence-corrected chi connectivity index (χ0v) is 13.5. The van der Waals surface area contributed by atoms with E-state index < -0.39 is 10.0 Å². The van der Waals surface area contributed by atoms with Crippen LogP contribution in [0.25, 0.3) is 0 Å². The van der Waals surface area contributed by atoms with Crippen LogP contribution in [0.5, 0.6) is 0 Å². The van der Waals surface area contributed by atoms with E-state index in [1.54, 1.807) is 0 Å². The maximum atomic E-state index is 12.4. The topological polar surface area (TPSA) is 57.7 Å². The quantitative estimate of drug-likeness (QED) is 0.845. The van der Waals surface area contributed by atoms with Gasteiger partial charge < -0.3 is 4.90 Å². The second kappa shape index (κ2) is 6.38. The highest BCUT2D eigenvalue weighted by atomic mass is 32.2. The molecule has 2 aliphatic rings.